The van der Waals surface area contributed by atoms with Gasteiger partial charge in [-0.25, -0.2) is 0 Å². The first-order valence-electron chi connectivity index (χ1n) is 4.18. The molecule has 0 aromatic carbocycles. The minimum Gasteiger partial charge on any atom is -0.481 e. The van der Waals surface area contributed by atoms with Crippen LogP contribution in [0, 0.1) is 6.92 Å². The Morgan fingerprint density at radius 3 is 2.92 bits per heavy atom. The number of hydrogen-bond acceptors (Lipinski definition) is 3. The molecule has 4 nitrogen and oxygen atoms in total. The summed E-state index contributed by atoms with van der Waals surface area (Å²) in [5.41, 5.74) is 1.73. The molecule has 1 aromatic heterocycles. The van der Waals surface area contributed by atoms with E-state index in [2.05, 4.69) is 9.97 Å². The average molecular weight is 180 g/mol. The minimum atomic E-state index is -0.763. The van der Waals surface area contributed by atoms with Crippen LogP contribution < -0.4 is 0 Å². The fourth-order valence-corrected chi connectivity index (χ4v) is 1.06. The Bertz CT molecular complexity index is 299. The van der Waals surface area contributed by atoms with Crippen LogP contribution in [-0.4, -0.2) is 21.0 Å². The molecule has 0 amide bonds. The maximum absolute atomic E-state index is 10.2. The summed E-state index contributed by atoms with van der Waals surface area (Å²) in [5, 5.41) is 8.41. The Morgan fingerprint density at radius 2 is 2.31 bits per heavy atom. The molecule has 4 heteroatoms. The van der Waals surface area contributed by atoms with Gasteiger partial charge < -0.3 is 5.11 Å². The van der Waals surface area contributed by atoms with Crippen LogP contribution in [0.5, 0.6) is 0 Å². The second-order valence-electron chi connectivity index (χ2n) is 2.90. The quantitative estimate of drug-likeness (QED) is 0.756. The summed E-state index contributed by atoms with van der Waals surface area (Å²) in [5.74, 6) is -0.763. The van der Waals surface area contributed by atoms with Crippen molar-refractivity contribution in [3.8, 4) is 0 Å². The summed E-state index contributed by atoms with van der Waals surface area (Å²) in [7, 11) is 0. The Labute approximate surface area is 76.7 Å². The van der Waals surface area contributed by atoms with Crippen molar-refractivity contribution in [1.82, 2.24) is 9.97 Å². The van der Waals surface area contributed by atoms with Crippen LogP contribution in [0.1, 0.15) is 24.2 Å². The third kappa shape index (κ3) is 3.64. The molecule has 0 aliphatic rings. The second-order valence-corrected chi connectivity index (χ2v) is 2.90. The molecule has 1 N–H and O–H groups in total. The van der Waals surface area contributed by atoms with E-state index in [1.54, 1.807) is 12.4 Å². The number of aliphatic carboxylic acids is 1. The predicted octanol–water partition coefficient (Wildman–Crippen LogP) is 1.19. The minimum absolute atomic E-state index is 0.190. The van der Waals surface area contributed by atoms with Gasteiger partial charge in [0, 0.05) is 18.8 Å². The fraction of sp³-hybridized carbons (Fsp3) is 0.444. The highest BCUT2D eigenvalue weighted by Crippen LogP contribution is 2.01. The molecule has 0 saturated carbocycles. The second kappa shape index (κ2) is 4.54. The topological polar surface area (TPSA) is 63.1 Å². The van der Waals surface area contributed by atoms with E-state index >= 15 is 0 Å². The lowest BCUT2D eigenvalue weighted by Crippen LogP contribution is -1.98. The van der Waals surface area contributed by atoms with Gasteiger partial charge in [0.1, 0.15) is 0 Å². The molecular formula is C9H12N2O2. The van der Waals surface area contributed by atoms with Gasteiger partial charge in [0.05, 0.1) is 11.4 Å². The van der Waals surface area contributed by atoms with Gasteiger partial charge >= 0.3 is 5.97 Å². The molecule has 0 aliphatic carbocycles. The maximum Gasteiger partial charge on any atom is 0.303 e. The normalized spacial score (nSPS) is 9.92. The van der Waals surface area contributed by atoms with Crippen molar-refractivity contribution in [2.75, 3.05) is 0 Å². The number of carboxylic acids is 1. The summed E-state index contributed by atoms with van der Waals surface area (Å²) in [6, 6.07) is 0. The Morgan fingerprint density at radius 1 is 1.54 bits per heavy atom. The standard InChI is InChI=1S/C9H12N2O2/c1-7-5-10-6-8(11-7)3-2-4-9(12)13/h5-6H,2-4H2,1H3,(H,12,13). The van der Waals surface area contributed by atoms with Gasteiger partial charge in [0.2, 0.25) is 0 Å². The van der Waals surface area contributed by atoms with E-state index in [1.807, 2.05) is 6.92 Å². The average Bonchev–Trinajstić information content (AvgIpc) is 2.03. The molecule has 13 heavy (non-hydrogen) atoms. The smallest absolute Gasteiger partial charge is 0.303 e. The molecule has 0 atom stereocenters. The van der Waals surface area contributed by atoms with Crippen LogP contribution in [0.4, 0.5) is 0 Å². The van der Waals surface area contributed by atoms with Crippen LogP contribution in [0.15, 0.2) is 12.4 Å². The van der Waals surface area contributed by atoms with Crippen molar-refractivity contribution in [3.63, 3.8) is 0 Å². The molecule has 1 rings (SSSR count). The molecule has 0 spiro atoms. The largest absolute Gasteiger partial charge is 0.481 e. The van der Waals surface area contributed by atoms with Crippen molar-refractivity contribution in [2.45, 2.75) is 26.2 Å². The Kier molecular flexibility index (Phi) is 3.37. The van der Waals surface area contributed by atoms with Gasteiger partial charge in [0.15, 0.2) is 0 Å². The maximum atomic E-state index is 10.2. The van der Waals surface area contributed by atoms with Crippen molar-refractivity contribution in [2.24, 2.45) is 0 Å². The zero-order valence-electron chi connectivity index (χ0n) is 7.53. The van der Waals surface area contributed by atoms with Crippen LogP contribution >= 0.6 is 0 Å². The molecule has 0 fully saturated rings. The molecule has 0 unspecified atom stereocenters. The zero-order chi connectivity index (χ0) is 9.68. The highest BCUT2D eigenvalue weighted by atomic mass is 16.4. The molecule has 1 heterocycles. The van der Waals surface area contributed by atoms with Crippen molar-refractivity contribution >= 4 is 5.97 Å². The summed E-state index contributed by atoms with van der Waals surface area (Å²) >= 11 is 0. The number of rotatable bonds is 4. The van der Waals surface area contributed by atoms with Gasteiger partial charge in [0.25, 0.3) is 0 Å². The summed E-state index contributed by atoms with van der Waals surface area (Å²) in [6.07, 6.45) is 4.85. The van der Waals surface area contributed by atoms with E-state index < -0.39 is 5.97 Å². The number of nitrogens with zero attached hydrogens (tertiary/aromatic N) is 2. The molecule has 70 valence electrons. The summed E-state index contributed by atoms with van der Waals surface area (Å²) in [6.45, 7) is 1.87. The van der Waals surface area contributed by atoms with Gasteiger partial charge in [-0.2, -0.15) is 0 Å². The van der Waals surface area contributed by atoms with Gasteiger partial charge in [-0.3, -0.25) is 14.8 Å². The van der Waals surface area contributed by atoms with Crippen LogP contribution in [0.3, 0.4) is 0 Å². The number of carbonyl (C=O) groups is 1. The third-order valence-corrected chi connectivity index (χ3v) is 1.63. The van der Waals surface area contributed by atoms with Crippen LogP contribution in [0.2, 0.25) is 0 Å². The lowest BCUT2D eigenvalue weighted by atomic mass is 10.2. The van der Waals surface area contributed by atoms with E-state index in [-0.39, 0.29) is 6.42 Å². The van der Waals surface area contributed by atoms with Gasteiger partial charge in [-0.05, 0) is 19.8 Å². The molecule has 0 bridgehead atoms. The number of aromatic nitrogens is 2. The number of carboxylic acid groups (broad SMARTS) is 1. The van der Waals surface area contributed by atoms with E-state index in [9.17, 15) is 4.79 Å². The lowest BCUT2D eigenvalue weighted by Gasteiger charge is -1.98. The van der Waals surface area contributed by atoms with E-state index in [0.717, 1.165) is 11.4 Å². The molecular weight excluding hydrogens is 168 g/mol. The van der Waals surface area contributed by atoms with Gasteiger partial charge in [-0.15, -0.1) is 0 Å². The SMILES string of the molecule is Cc1cncc(CCCC(=O)O)n1. The number of hydrogen-bond donors (Lipinski definition) is 1. The lowest BCUT2D eigenvalue weighted by molar-refractivity contribution is -0.137. The summed E-state index contributed by atoms with van der Waals surface area (Å²) in [4.78, 5) is 18.4. The van der Waals surface area contributed by atoms with Gasteiger partial charge in [-0.1, -0.05) is 0 Å². The third-order valence-electron chi connectivity index (χ3n) is 1.63. The van der Waals surface area contributed by atoms with Crippen molar-refractivity contribution < 1.29 is 9.90 Å². The first-order chi connectivity index (χ1) is 6.18. The fourth-order valence-electron chi connectivity index (χ4n) is 1.06. The summed E-state index contributed by atoms with van der Waals surface area (Å²) < 4.78 is 0. The van der Waals surface area contributed by atoms with E-state index in [0.29, 0.717) is 12.8 Å². The molecule has 0 radical (unpaired) electrons. The van der Waals surface area contributed by atoms with Crippen molar-refractivity contribution in [1.29, 1.82) is 0 Å². The molecule has 0 saturated heterocycles. The predicted molar refractivity (Wildman–Crippen MR) is 47.3 cm³/mol. The highest BCUT2D eigenvalue weighted by molar-refractivity contribution is 5.66. The monoisotopic (exact) mass is 180 g/mol. The first kappa shape index (κ1) is 9.64. The Balaban J connectivity index is 2.41. The number of aryl methyl sites for hydroxylation is 2. The molecule has 0 aliphatic heterocycles. The van der Waals surface area contributed by atoms with Crippen LogP contribution in [0.25, 0.3) is 0 Å². The zero-order valence-corrected chi connectivity index (χ0v) is 7.53. The molecule has 1 aromatic rings. The van der Waals surface area contributed by atoms with E-state index in [1.165, 1.54) is 0 Å². The van der Waals surface area contributed by atoms with E-state index in [4.69, 9.17) is 5.11 Å². The highest BCUT2D eigenvalue weighted by Gasteiger charge is 1.99. The van der Waals surface area contributed by atoms with Crippen molar-refractivity contribution in [3.05, 3.63) is 23.8 Å². The first-order valence-corrected chi connectivity index (χ1v) is 4.18. The van der Waals surface area contributed by atoms with Crippen LogP contribution in [-0.2, 0) is 11.2 Å². The Hall–Kier alpha value is -1.45.